The monoisotopic (exact) mass is 213 g/mol. The van der Waals surface area contributed by atoms with E-state index >= 15 is 0 Å². The van der Waals surface area contributed by atoms with Gasteiger partial charge in [-0.1, -0.05) is 47.1 Å². The molecule has 0 heterocycles. The van der Waals surface area contributed by atoms with Gasteiger partial charge in [0.25, 0.3) is 5.17 Å². The van der Waals surface area contributed by atoms with Crippen LogP contribution < -0.4 is 0 Å². The minimum Gasteiger partial charge on any atom is -0.455 e. The Morgan fingerprint density at radius 2 is 2.07 bits per heavy atom. The van der Waals surface area contributed by atoms with Crippen molar-refractivity contribution >= 4 is 22.7 Å². The first-order chi connectivity index (χ1) is 6.74. The Morgan fingerprint density at radius 3 is 2.64 bits per heavy atom. The first-order valence-electron chi connectivity index (χ1n) is 3.82. The van der Waals surface area contributed by atoms with Crippen molar-refractivity contribution in [3.05, 3.63) is 35.9 Å². The number of nitrogens with zero attached hydrogens (tertiary/aromatic N) is 1. The third-order valence-corrected chi connectivity index (χ3v) is 1.70. The average molecular weight is 214 g/mol. The van der Waals surface area contributed by atoms with Crippen molar-refractivity contribution in [2.75, 3.05) is 0 Å². The van der Waals surface area contributed by atoms with Crippen LogP contribution in [-0.4, -0.2) is 16.3 Å². The average Bonchev–Trinajstić information content (AvgIpc) is 2.26. The minimum atomic E-state index is -0.849. The fourth-order valence-electron chi connectivity index (χ4n) is 0.823. The van der Waals surface area contributed by atoms with Gasteiger partial charge in [0.15, 0.2) is 0 Å². The van der Waals surface area contributed by atoms with E-state index in [1.54, 1.807) is 12.1 Å². The zero-order chi connectivity index (χ0) is 10.4. The van der Waals surface area contributed by atoms with Gasteiger partial charge < -0.3 is 9.94 Å². The number of rotatable bonds is 3. The van der Waals surface area contributed by atoms with Crippen LogP contribution in [0.4, 0.5) is 0 Å². The first kappa shape index (κ1) is 10.5. The van der Waals surface area contributed by atoms with Crippen LogP contribution in [0.1, 0.15) is 5.56 Å². The zero-order valence-corrected chi connectivity index (χ0v) is 7.94. The molecule has 14 heavy (non-hydrogen) atoms. The summed E-state index contributed by atoms with van der Waals surface area (Å²) in [5, 5.41) is 10.1. The van der Waals surface area contributed by atoms with E-state index < -0.39 is 11.1 Å². The molecule has 0 bridgehead atoms. The smallest absolute Gasteiger partial charge is 0.372 e. The molecule has 5 heteroatoms. The van der Waals surface area contributed by atoms with Gasteiger partial charge in [-0.2, -0.15) is 0 Å². The number of ether oxygens (including phenoxy) is 1. The summed E-state index contributed by atoms with van der Waals surface area (Å²) in [4.78, 5) is 10.9. The molecule has 0 saturated heterocycles. The highest BCUT2D eigenvalue weighted by Crippen LogP contribution is 2.01. The fourth-order valence-corrected chi connectivity index (χ4v) is 0.878. The third-order valence-electron chi connectivity index (χ3n) is 1.47. The molecule has 0 aromatic heterocycles. The SMILES string of the molecule is O=C(OCc1ccccc1)/C(Cl)=N\O. The molecule has 0 aliphatic heterocycles. The quantitative estimate of drug-likeness (QED) is 0.360. The molecular weight excluding hydrogens is 206 g/mol. The number of hydrogen-bond donors (Lipinski definition) is 1. The third kappa shape index (κ3) is 3.06. The summed E-state index contributed by atoms with van der Waals surface area (Å²) in [5.41, 5.74) is 0.836. The Morgan fingerprint density at radius 1 is 1.43 bits per heavy atom. The molecule has 0 atom stereocenters. The fraction of sp³-hybridized carbons (Fsp3) is 0.111. The molecule has 1 aromatic carbocycles. The van der Waals surface area contributed by atoms with Crippen molar-refractivity contribution in [3.63, 3.8) is 0 Å². The molecule has 0 fully saturated rings. The molecule has 1 N–H and O–H groups in total. The number of carbonyl (C=O) groups is 1. The molecule has 0 amide bonds. The Kier molecular flexibility index (Phi) is 3.94. The van der Waals surface area contributed by atoms with Crippen molar-refractivity contribution in [2.24, 2.45) is 5.16 Å². The Hall–Kier alpha value is -1.55. The van der Waals surface area contributed by atoms with Crippen molar-refractivity contribution in [1.29, 1.82) is 0 Å². The van der Waals surface area contributed by atoms with Gasteiger partial charge in [-0.15, -0.1) is 0 Å². The summed E-state index contributed by atoms with van der Waals surface area (Å²) in [6.45, 7) is 0.103. The normalized spacial score (nSPS) is 11.1. The lowest BCUT2D eigenvalue weighted by molar-refractivity contribution is -0.136. The molecule has 0 radical (unpaired) electrons. The highest BCUT2D eigenvalue weighted by Gasteiger charge is 2.10. The van der Waals surface area contributed by atoms with Crippen molar-refractivity contribution in [2.45, 2.75) is 6.61 Å². The molecule has 4 nitrogen and oxygen atoms in total. The van der Waals surface area contributed by atoms with Gasteiger partial charge in [-0.05, 0) is 5.56 Å². The standard InChI is InChI=1S/C9H8ClNO3/c10-8(11-13)9(12)14-6-7-4-2-1-3-5-7/h1-5,13H,6H2/b11-8+. The lowest BCUT2D eigenvalue weighted by Gasteiger charge is -2.01. The van der Waals surface area contributed by atoms with Gasteiger partial charge in [0, 0.05) is 0 Å². The van der Waals surface area contributed by atoms with Crippen molar-refractivity contribution in [3.8, 4) is 0 Å². The number of oxime groups is 1. The molecule has 0 aliphatic carbocycles. The second-order valence-electron chi connectivity index (χ2n) is 2.45. The Bertz CT molecular complexity index is 337. The van der Waals surface area contributed by atoms with Crippen LogP contribution >= 0.6 is 11.6 Å². The highest BCUT2D eigenvalue weighted by molar-refractivity contribution is 6.81. The molecule has 74 valence electrons. The van der Waals surface area contributed by atoms with E-state index in [-0.39, 0.29) is 6.61 Å². The molecule has 0 spiro atoms. The second-order valence-corrected chi connectivity index (χ2v) is 2.81. The number of esters is 1. The van der Waals surface area contributed by atoms with Gasteiger partial charge >= 0.3 is 5.97 Å². The van der Waals surface area contributed by atoms with Gasteiger partial charge in [0.1, 0.15) is 6.61 Å². The molecule has 0 saturated carbocycles. The topological polar surface area (TPSA) is 58.9 Å². The summed E-state index contributed by atoms with van der Waals surface area (Å²) in [5.74, 6) is -0.849. The van der Waals surface area contributed by atoms with Gasteiger partial charge in [0.05, 0.1) is 0 Å². The largest absolute Gasteiger partial charge is 0.455 e. The van der Waals surface area contributed by atoms with Crippen LogP contribution in [0.2, 0.25) is 0 Å². The Labute approximate surface area is 85.7 Å². The number of carbonyl (C=O) groups excluding carboxylic acids is 1. The van der Waals surface area contributed by atoms with E-state index in [0.29, 0.717) is 0 Å². The van der Waals surface area contributed by atoms with E-state index in [9.17, 15) is 4.79 Å². The van der Waals surface area contributed by atoms with Crippen LogP contribution in [0.15, 0.2) is 35.5 Å². The van der Waals surface area contributed by atoms with Crippen molar-refractivity contribution < 1.29 is 14.7 Å². The van der Waals surface area contributed by atoms with Crippen LogP contribution in [-0.2, 0) is 16.1 Å². The molecule has 0 aliphatic rings. The van der Waals surface area contributed by atoms with E-state index in [2.05, 4.69) is 5.16 Å². The molecule has 1 aromatic rings. The van der Waals surface area contributed by atoms with Gasteiger partial charge in [-0.3, -0.25) is 0 Å². The van der Waals surface area contributed by atoms with E-state index in [1.165, 1.54) is 0 Å². The summed E-state index contributed by atoms with van der Waals surface area (Å²) in [7, 11) is 0. The summed E-state index contributed by atoms with van der Waals surface area (Å²) < 4.78 is 4.72. The second kappa shape index (κ2) is 5.24. The predicted octanol–water partition coefficient (Wildman–Crippen LogP) is 1.76. The van der Waals surface area contributed by atoms with Crippen LogP contribution in [0.3, 0.4) is 0 Å². The van der Waals surface area contributed by atoms with Gasteiger partial charge in [-0.25, -0.2) is 4.79 Å². The summed E-state index contributed by atoms with van der Waals surface area (Å²) in [6, 6.07) is 9.11. The zero-order valence-electron chi connectivity index (χ0n) is 7.18. The van der Waals surface area contributed by atoms with Gasteiger partial charge in [0.2, 0.25) is 0 Å². The van der Waals surface area contributed by atoms with E-state index in [4.69, 9.17) is 21.5 Å². The van der Waals surface area contributed by atoms with Crippen LogP contribution in [0, 0.1) is 0 Å². The Balaban J connectivity index is 2.46. The highest BCUT2D eigenvalue weighted by atomic mass is 35.5. The molecule has 1 rings (SSSR count). The number of halogens is 1. The van der Waals surface area contributed by atoms with Crippen LogP contribution in [0.5, 0.6) is 0 Å². The maximum Gasteiger partial charge on any atom is 0.372 e. The summed E-state index contributed by atoms with van der Waals surface area (Å²) >= 11 is 5.21. The molecular formula is C9H8ClNO3. The predicted molar refractivity (Wildman–Crippen MR) is 51.3 cm³/mol. The lowest BCUT2D eigenvalue weighted by atomic mass is 10.2. The minimum absolute atomic E-state index is 0.103. The lowest BCUT2D eigenvalue weighted by Crippen LogP contribution is -2.11. The van der Waals surface area contributed by atoms with E-state index in [0.717, 1.165) is 5.56 Å². The number of hydrogen-bond acceptors (Lipinski definition) is 4. The maximum absolute atomic E-state index is 10.9. The van der Waals surface area contributed by atoms with E-state index in [1.807, 2.05) is 18.2 Å². The van der Waals surface area contributed by atoms with Crippen molar-refractivity contribution in [1.82, 2.24) is 0 Å². The first-order valence-corrected chi connectivity index (χ1v) is 4.20. The maximum atomic E-state index is 10.9. The summed E-state index contributed by atoms with van der Waals surface area (Å²) in [6.07, 6.45) is 0. The molecule has 0 unspecified atom stereocenters. The number of benzene rings is 1. The van der Waals surface area contributed by atoms with Crippen LogP contribution in [0.25, 0.3) is 0 Å².